The van der Waals surface area contributed by atoms with Crippen LogP contribution in [-0.2, 0) is 16.1 Å². The van der Waals surface area contributed by atoms with Crippen molar-refractivity contribution in [2.24, 2.45) is 0 Å². The van der Waals surface area contributed by atoms with Gasteiger partial charge in [0.05, 0.1) is 0 Å². The minimum Gasteiger partial charge on any atom is -0.451 e. The lowest BCUT2D eigenvalue weighted by molar-refractivity contribution is -0.119. The Balaban J connectivity index is 1.22. The van der Waals surface area contributed by atoms with Gasteiger partial charge in [-0.2, -0.15) is 0 Å². The van der Waals surface area contributed by atoms with Crippen LogP contribution in [0.3, 0.4) is 0 Å². The average molecular weight is 497 g/mol. The predicted molar refractivity (Wildman–Crippen MR) is 128 cm³/mol. The number of aromatic amines is 1. The maximum atomic E-state index is 12.1. The lowest BCUT2D eigenvalue weighted by atomic mass is 10.2. The lowest BCUT2D eigenvalue weighted by Crippen LogP contribution is -2.45. The number of ether oxygens (including phenoxy) is 1. The van der Waals surface area contributed by atoms with E-state index in [2.05, 4.69) is 60.3 Å². The molecule has 0 bridgehead atoms. The van der Waals surface area contributed by atoms with Gasteiger partial charge in [0, 0.05) is 54.8 Å². The van der Waals surface area contributed by atoms with Crippen LogP contribution < -0.4 is 10.2 Å². The summed E-state index contributed by atoms with van der Waals surface area (Å²) in [6, 6.07) is 19.9. The van der Waals surface area contributed by atoms with Gasteiger partial charge in [-0.1, -0.05) is 30.3 Å². The molecule has 1 aliphatic rings. The molecule has 1 aliphatic heterocycles. The van der Waals surface area contributed by atoms with Crippen LogP contribution >= 0.6 is 15.9 Å². The molecule has 0 spiro atoms. The molecule has 2 N–H and O–H groups in total. The van der Waals surface area contributed by atoms with Gasteiger partial charge in [0.1, 0.15) is 5.69 Å². The average Bonchev–Trinajstić information content (AvgIpc) is 3.26. The van der Waals surface area contributed by atoms with Crippen LogP contribution in [0, 0.1) is 0 Å². The number of aromatic nitrogens is 1. The highest BCUT2D eigenvalue weighted by Gasteiger charge is 2.17. The highest BCUT2D eigenvalue weighted by atomic mass is 79.9. The van der Waals surface area contributed by atoms with E-state index in [0.29, 0.717) is 5.69 Å². The molecule has 0 radical (unpaired) electrons. The zero-order valence-corrected chi connectivity index (χ0v) is 19.2. The van der Waals surface area contributed by atoms with Crippen molar-refractivity contribution in [2.45, 2.75) is 6.54 Å². The van der Waals surface area contributed by atoms with Gasteiger partial charge in [0.2, 0.25) is 0 Å². The van der Waals surface area contributed by atoms with Gasteiger partial charge in [-0.15, -0.1) is 0 Å². The number of nitrogens with zero attached hydrogens (tertiary/aromatic N) is 2. The second kappa shape index (κ2) is 10.5. The van der Waals surface area contributed by atoms with Crippen LogP contribution in [0.4, 0.5) is 11.4 Å². The SMILES string of the molecule is O=C(COC(=O)c1cc(Br)c[nH]1)Nc1ccc(N2CCN(Cc3ccccc3)CC2)cc1. The Bertz CT molecular complexity index is 1040. The summed E-state index contributed by atoms with van der Waals surface area (Å²) in [5, 5.41) is 2.76. The van der Waals surface area contributed by atoms with E-state index in [1.165, 1.54) is 5.56 Å². The maximum Gasteiger partial charge on any atom is 0.355 e. The minimum atomic E-state index is -0.576. The quantitative estimate of drug-likeness (QED) is 0.485. The van der Waals surface area contributed by atoms with Crippen LogP contribution in [0.25, 0.3) is 0 Å². The second-order valence-electron chi connectivity index (χ2n) is 7.65. The lowest BCUT2D eigenvalue weighted by Gasteiger charge is -2.36. The summed E-state index contributed by atoms with van der Waals surface area (Å²) in [6.45, 7) is 4.57. The van der Waals surface area contributed by atoms with Crippen LogP contribution in [0.2, 0.25) is 0 Å². The fourth-order valence-electron chi connectivity index (χ4n) is 3.65. The van der Waals surface area contributed by atoms with Gasteiger partial charge in [-0.3, -0.25) is 9.69 Å². The van der Waals surface area contributed by atoms with Crippen molar-refractivity contribution in [3.05, 3.63) is 82.6 Å². The molecule has 8 heteroatoms. The van der Waals surface area contributed by atoms with E-state index in [1.807, 2.05) is 30.3 Å². The molecule has 32 heavy (non-hydrogen) atoms. The van der Waals surface area contributed by atoms with Crippen molar-refractivity contribution in [1.82, 2.24) is 9.88 Å². The number of H-pyrrole nitrogens is 1. The summed E-state index contributed by atoms with van der Waals surface area (Å²) in [4.78, 5) is 31.6. The van der Waals surface area contributed by atoms with Gasteiger partial charge in [0.25, 0.3) is 5.91 Å². The highest BCUT2D eigenvalue weighted by molar-refractivity contribution is 9.10. The van der Waals surface area contributed by atoms with Crippen LogP contribution in [-0.4, -0.2) is 54.5 Å². The standard InChI is InChI=1S/C24H25BrN4O3/c25-19-14-22(26-15-19)24(31)32-17-23(30)27-20-6-8-21(9-7-20)29-12-10-28(11-13-29)16-18-4-2-1-3-5-18/h1-9,14-15,26H,10-13,16-17H2,(H,27,30). The van der Waals surface area contributed by atoms with Gasteiger partial charge in [0.15, 0.2) is 6.61 Å². The van der Waals surface area contributed by atoms with Crippen LogP contribution in [0.5, 0.6) is 0 Å². The van der Waals surface area contributed by atoms with E-state index < -0.39 is 5.97 Å². The van der Waals surface area contributed by atoms with Gasteiger partial charge >= 0.3 is 5.97 Å². The first-order chi connectivity index (χ1) is 15.6. The Morgan fingerprint density at radius 1 is 1.00 bits per heavy atom. The van der Waals surface area contributed by atoms with E-state index in [1.54, 1.807) is 12.3 Å². The molecule has 0 saturated carbocycles. The Morgan fingerprint density at radius 2 is 1.72 bits per heavy atom. The smallest absolute Gasteiger partial charge is 0.355 e. The van der Waals surface area contributed by atoms with Crippen LogP contribution in [0.1, 0.15) is 16.1 Å². The third-order valence-corrected chi connectivity index (χ3v) is 5.80. The largest absolute Gasteiger partial charge is 0.451 e. The summed E-state index contributed by atoms with van der Waals surface area (Å²) in [7, 11) is 0. The topological polar surface area (TPSA) is 77.7 Å². The number of benzene rings is 2. The fourth-order valence-corrected chi connectivity index (χ4v) is 4.00. The number of carbonyl (C=O) groups is 2. The van der Waals surface area contributed by atoms with E-state index in [9.17, 15) is 9.59 Å². The third-order valence-electron chi connectivity index (χ3n) is 5.34. The van der Waals surface area contributed by atoms with Gasteiger partial charge in [-0.25, -0.2) is 4.79 Å². The molecule has 7 nitrogen and oxygen atoms in total. The summed E-state index contributed by atoms with van der Waals surface area (Å²) in [5.74, 6) is -0.959. The zero-order chi connectivity index (χ0) is 22.3. The normalized spacial score (nSPS) is 14.2. The molecule has 1 aromatic heterocycles. The van der Waals surface area contributed by atoms with E-state index in [0.717, 1.165) is 42.9 Å². The first kappa shape index (κ1) is 22.1. The first-order valence-electron chi connectivity index (χ1n) is 10.5. The number of halogens is 1. The van der Waals surface area contributed by atoms with E-state index >= 15 is 0 Å². The molecular weight excluding hydrogens is 472 g/mol. The highest BCUT2D eigenvalue weighted by Crippen LogP contribution is 2.20. The third kappa shape index (κ3) is 5.99. The van der Waals surface area contributed by atoms with Crippen molar-refractivity contribution < 1.29 is 14.3 Å². The Kier molecular flexibility index (Phi) is 7.24. The zero-order valence-electron chi connectivity index (χ0n) is 17.6. The van der Waals surface area contributed by atoms with Gasteiger partial charge in [-0.05, 0) is 51.8 Å². The number of piperazine rings is 1. The number of nitrogens with one attached hydrogen (secondary N) is 2. The number of esters is 1. The maximum absolute atomic E-state index is 12.1. The number of anilines is 2. The van der Waals surface area contributed by atoms with Crippen molar-refractivity contribution in [2.75, 3.05) is 43.0 Å². The Hall–Kier alpha value is -3.10. The molecule has 2 aromatic carbocycles. The molecular formula is C24H25BrN4O3. The van der Waals surface area contributed by atoms with Crippen molar-refractivity contribution >= 4 is 39.2 Å². The monoisotopic (exact) mass is 496 g/mol. The molecule has 4 rings (SSSR count). The molecule has 0 atom stereocenters. The van der Waals surface area contributed by atoms with E-state index in [4.69, 9.17) is 4.74 Å². The summed E-state index contributed by atoms with van der Waals surface area (Å²) < 4.78 is 5.77. The molecule has 1 amide bonds. The van der Waals surface area contributed by atoms with E-state index in [-0.39, 0.29) is 18.2 Å². The molecule has 1 saturated heterocycles. The number of rotatable bonds is 7. The number of hydrogen-bond donors (Lipinski definition) is 2. The van der Waals surface area contributed by atoms with Crippen molar-refractivity contribution in [1.29, 1.82) is 0 Å². The van der Waals surface area contributed by atoms with Crippen LogP contribution in [0.15, 0.2) is 71.3 Å². The molecule has 3 aromatic rings. The molecule has 0 aliphatic carbocycles. The molecule has 1 fully saturated rings. The summed E-state index contributed by atoms with van der Waals surface area (Å²) in [6.07, 6.45) is 1.63. The Labute approximate surface area is 195 Å². The van der Waals surface area contributed by atoms with Crippen molar-refractivity contribution in [3.8, 4) is 0 Å². The minimum absolute atomic E-state index is 0.290. The molecule has 0 unspecified atom stereocenters. The summed E-state index contributed by atoms with van der Waals surface area (Å²) in [5.41, 5.74) is 3.43. The van der Waals surface area contributed by atoms with Gasteiger partial charge < -0.3 is 19.9 Å². The Morgan fingerprint density at radius 3 is 2.38 bits per heavy atom. The van der Waals surface area contributed by atoms with Crippen molar-refractivity contribution in [3.63, 3.8) is 0 Å². The number of amides is 1. The summed E-state index contributed by atoms with van der Waals surface area (Å²) >= 11 is 3.25. The first-order valence-corrected chi connectivity index (χ1v) is 11.3. The second-order valence-corrected chi connectivity index (χ2v) is 8.57. The number of hydrogen-bond acceptors (Lipinski definition) is 5. The molecule has 2 heterocycles. The number of carbonyl (C=O) groups excluding carboxylic acids is 2. The molecule has 166 valence electrons. The predicted octanol–water partition coefficient (Wildman–Crippen LogP) is 3.89. The fraction of sp³-hybridized carbons (Fsp3) is 0.250.